The van der Waals surface area contributed by atoms with Gasteiger partial charge in [-0.15, -0.1) is 0 Å². The van der Waals surface area contributed by atoms with Gasteiger partial charge in [-0.05, 0) is 61.3 Å². The number of para-hydroxylation sites is 1. The first-order valence-electron chi connectivity index (χ1n) is 6.95. The van der Waals surface area contributed by atoms with Crippen LogP contribution in [0.15, 0.2) is 57.6 Å². The van der Waals surface area contributed by atoms with Crippen molar-refractivity contribution < 1.29 is 0 Å². The van der Waals surface area contributed by atoms with E-state index in [1.807, 2.05) is 36.5 Å². The van der Waals surface area contributed by atoms with Crippen LogP contribution in [0.4, 0.5) is 5.69 Å². The van der Waals surface area contributed by atoms with Crippen molar-refractivity contribution in [2.45, 2.75) is 26.2 Å². The molecule has 2 atom stereocenters. The Hall–Kier alpha value is -1.34. The zero-order valence-electron chi connectivity index (χ0n) is 11.1. The van der Waals surface area contributed by atoms with Crippen LogP contribution in [0.5, 0.6) is 0 Å². The normalized spacial score (nSPS) is 28.6. The molecule has 1 nitrogen and oxygen atoms in total. The molecule has 0 aliphatic heterocycles. The lowest BCUT2D eigenvalue weighted by molar-refractivity contribution is 0.587. The summed E-state index contributed by atoms with van der Waals surface area (Å²) in [7, 11) is 0. The van der Waals surface area contributed by atoms with Crippen LogP contribution in [0.1, 0.15) is 26.2 Å². The fourth-order valence-electron chi connectivity index (χ4n) is 3.25. The monoisotopic (exact) mass is 271 g/mol. The van der Waals surface area contributed by atoms with E-state index in [4.69, 9.17) is 11.6 Å². The lowest BCUT2D eigenvalue weighted by Crippen LogP contribution is -2.12. The van der Waals surface area contributed by atoms with Crippen molar-refractivity contribution in [3.8, 4) is 0 Å². The number of allylic oxidation sites excluding steroid dienone is 4. The number of halogens is 1. The molecule has 0 spiro atoms. The second-order valence-electron chi connectivity index (χ2n) is 5.31. The Morgan fingerprint density at radius 1 is 1.16 bits per heavy atom. The smallest absolute Gasteiger partial charge is 0.0629 e. The molecule has 1 saturated carbocycles. The van der Waals surface area contributed by atoms with Crippen molar-refractivity contribution in [2.75, 3.05) is 0 Å². The molecule has 1 aromatic carbocycles. The quantitative estimate of drug-likeness (QED) is 0.651. The molecule has 0 radical (unpaired) electrons. The van der Waals surface area contributed by atoms with E-state index in [2.05, 4.69) is 18.0 Å². The number of rotatable bonds is 2. The molecule has 2 unspecified atom stereocenters. The second kappa shape index (κ2) is 5.34. The number of hydrogen-bond donors (Lipinski definition) is 0. The van der Waals surface area contributed by atoms with Crippen LogP contribution < -0.4 is 0 Å². The zero-order valence-corrected chi connectivity index (χ0v) is 11.9. The van der Waals surface area contributed by atoms with E-state index >= 15 is 0 Å². The van der Waals surface area contributed by atoms with E-state index in [0.717, 1.165) is 10.7 Å². The molecule has 0 saturated heterocycles. The standard InChI is InChI=1S/C17H18ClN/c1-2-15-12-8-9-13(10-12)16(17(15)18)11-19-14-6-4-3-5-7-14/h2-7,11-13H,8-10H2,1H3/b15-2+,19-11-. The van der Waals surface area contributed by atoms with Crippen LogP contribution in [0.25, 0.3) is 0 Å². The van der Waals surface area contributed by atoms with Gasteiger partial charge in [0.2, 0.25) is 0 Å². The second-order valence-corrected chi connectivity index (χ2v) is 5.69. The predicted octanol–water partition coefficient (Wildman–Crippen LogP) is 5.26. The molecule has 2 bridgehead atoms. The highest BCUT2D eigenvalue weighted by molar-refractivity contribution is 6.34. The third-order valence-electron chi connectivity index (χ3n) is 4.24. The van der Waals surface area contributed by atoms with Gasteiger partial charge in [0.1, 0.15) is 0 Å². The fraction of sp³-hybridized carbons (Fsp3) is 0.353. The first kappa shape index (κ1) is 12.7. The van der Waals surface area contributed by atoms with Crippen molar-refractivity contribution in [3.05, 3.63) is 52.6 Å². The van der Waals surface area contributed by atoms with Crippen molar-refractivity contribution in [1.82, 2.24) is 0 Å². The maximum atomic E-state index is 6.56. The average molecular weight is 272 g/mol. The highest BCUT2D eigenvalue weighted by atomic mass is 35.5. The van der Waals surface area contributed by atoms with Crippen LogP contribution in [0.3, 0.4) is 0 Å². The predicted molar refractivity (Wildman–Crippen MR) is 82.1 cm³/mol. The Labute approximate surface area is 119 Å². The molecule has 19 heavy (non-hydrogen) atoms. The van der Waals surface area contributed by atoms with Crippen molar-refractivity contribution >= 4 is 23.5 Å². The van der Waals surface area contributed by atoms with Gasteiger partial charge in [-0.3, -0.25) is 4.99 Å². The number of fused-ring (bicyclic) bond motifs is 2. The zero-order chi connectivity index (χ0) is 13.2. The number of nitrogens with zero attached hydrogens (tertiary/aromatic N) is 1. The number of benzene rings is 1. The summed E-state index contributed by atoms with van der Waals surface area (Å²) < 4.78 is 0. The van der Waals surface area contributed by atoms with Crippen LogP contribution in [-0.4, -0.2) is 6.21 Å². The van der Waals surface area contributed by atoms with Gasteiger partial charge in [-0.1, -0.05) is 35.9 Å². The maximum absolute atomic E-state index is 6.56. The molecule has 2 heteroatoms. The Kier molecular flexibility index (Phi) is 3.56. The molecule has 3 rings (SSSR count). The lowest BCUT2D eigenvalue weighted by Gasteiger charge is -2.23. The van der Waals surface area contributed by atoms with Gasteiger partial charge >= 0.3 is 0 Å². The summed E-state index contributed by atoms with van der Waals surface area (Å²) in [4.78, 5) is 4.57. The van der Waals surface area contributed by atoms with E-state index in [-0.39, 0.29) is 0 Å². The van der Waals surface area contributed by atoms with E-state index < -0.39 is 0 Å². The van der Waals surface area contributed by atoms with Gasteiger partial charge in [-0.2, -0.15) is 0 Å². The van der Waals surface area contributed by atoms with E-state index in [0.29, 0.717) is 11.8 Å². The van der Waals surface area contributed by atoms with Crippen molar-refractivity contribution in [1.29, 1.82) is 0 Å². The van der Waals surface area contributed by atoms with Crippen LogP contribution in [0, 0.1) is 11.8 Å². The molecule has 1 aromatic rings. The van der Waals surface area contributed by atoms with Gasteiger partial charge < -0.3 is 0 Å². The third-order valence-corrected chi connectivity index (χ3v) is 4.68. The minimum absolute atomic E-state index is 0.605. The molecule has 0 N–H and O–H groups in total. The minimum Gasteiger partial charge on any atom is -0.257 e. The number of hydrogen-bond acceptors (Lipinski definition) is 1. The summed E-state index contributed by atoms with van der Waals surface area (Å²) in [6.07, 6.45) is 7.90. The maximum Gasteiger partial charge on any atom is 0.0629 e. The summed E-state index contributed by atoms with van der Waals surface area (Å²) >= 11 is 6.56. The van der Waals surface area contributed by atoms with Crippen LogP contribution in [-0.2, 0) is 0 Å². The first-order valence-corrected chi connectivity index (χ1v) is 7.32. The van der Waals surface area contributed by atoms with E-state index in [1.54, 1.807) is 0 Å². The average Bonchev–Trinajstić information content (AvgIpc) is 2.86. The molecule has 2 aliphatic carbocycles. The summed E-state index contributed by atoms with van der Waals surface area (Å²) in [5, 5.41) is 0.945. The fourth-order valence-corrected chi connectivity index (χ4v) is 3.72. The lowest BCUT2D eigenvalue weighted by atomic mass is 9.85. The van der Waals surface area contributed by atoms with Gasteiger partial charge in [0, 0.05) is 11.2 Å². The molecule has 1 fully saturated rings. The summed E-state index contributed by atoms with van der Waals surface area (Å²) in [6.45, 7) is 2.09. The van der Waals surface area contributed by atoms with Crippen molar-refractivity contribution in [3.63, 3.8) is 0 Å². The highest BCUT2D eigenvalue weighted by Gasteiger charge is 2.36. The first-order chi connectivity index (χ1) is 9.29. The highest BCUT2D eigenvalue weighted by Crippen LogP contribution is 2.48. The number of aliphatic imine (C=N–C) groups is 1. The summed E-state index contributed by atoms with van der Waals surface area (Å²) in [5.74, 6) is 1.28. The van der Waals surface area contributed by atoms with Gasteiger partial charge in [0.15, 0.2) is 0 Å². The molecule has 0 amide bonds. The molecular formula is C17H18ClN. The van der Waals surface area contributed by atoms with Gasteiger partial charge in [0.05, 0.1) is 5.69 Å². The van der Waals surface area contributed by atoms with E-state index in [9.17, 15) is 0 Å². The van der Waals surface area contributed by atoms with E-state index in [1.165, 1.54) is 30.4 Å². The summed E-state index contributed by atoms with van der Waals surface area (Å²) in [6, 6.07) is 10.0. The Bertz CT molecular complexity index is 554. The van der Waals surface area contributed by atoms with Gasteiger partial charge in [0.25, 0.3) is 0 Å². The molecule has 2 aliphatic rings. The molecule has 98 valence electrons. The summed E-state index contributed by atoms with van der Waals surface area (Å²) in [5.41, 5.74) is 3.54. The Balaban J connectivity index is 1.93. The van der Waals surface area contributed by atoms with Crippen LogP contribution >= 0.6 is 11.6 Å². The Morgan fingerprint density at radius 3 is 2.63 bits per heavy atom. The minimum atomic E-state index is 0.605. The molecule has 0 aromatic heterocycles. The topological polar surface area (TPSA) is 12.4 Å². The largest absolute Gasteiger partial charge is 0.257 e. The van der Waals surface area contributed by atoms with Gasteiger partial charge in [-0.25, -0.2) is 0 Å². The van der Waals surface area contributed by atoms with Crippen molar-refractivity contribution in [2.24, 2.45) is 16.8 Å². The SMILES string of the molecule is C/C=C1C(Cl)=C(/C=N\c2ccccc2)C2CCC/1C2. The molecular weight excluding hydrogens is 254 g/mol. The Morgan fingerprint density at radius 2 is 1.89 bits per heavy atom. The van der Waals surface area contributed by atoms with Crippen LogP contribution in [0.2, 0.25) is 0 Å². The third kappa shape index (κ3) is 2.40. The molecule has 0 heterocycles.